The van der Waals surface area contributed by atoms with Crippen LogP contribution in [-0.4, -0.2) is 28.7 Å². The maximum atomic E-state index is 12.7. The molecule has 0 aromatic heterocycles. The van der Waals surface area contributed by atoms with Gasteiger partial charge in [0.1, 0.15) is 6.61 Å². The fourth-order valence-corrected chi connectivity index (χ4v) is 4.44. The Morgan fingerprint density at radius 3 is 2.58 bits per heavy atom. The first-order chi connectivity index (χ1) is 15.9. The smallest absolute Gasteiger partial charge is 0.293 e. The van der Waals surface area contributed by atoms with Gasteiger partial charge in [-0.25, -0.2) is 0 Å². The molecule has 0 unspecified atom stereocenters. The van der Waals surface area contributed by atoms with E-state index in [1.165, 1.54) is 4.90 Å². The zero-order chi connectivity index (χ0) is 24.0. The minimum Gasteiger partial charge on any atom is -0.490 e. The normalized spacial score (nSPS) is 14.6. The molecule has 1 saturated heterocycles. The summed E-state index contributed by atoms with van der Waals surface area (Å²) in [5.41, 5.74) is 2.89. The minimum atomic E-state index is -0.295. The van der Waals surface area contributed by atoms with Crippen molar-refractivity contribution in [2.75, 3.05) is 6.61 Å². The number of benzene rings is 2. The standard InChI is InChI=1S/C26H26N2O4S/c1-5-9-19-12-18(14-23-25(29)28(17(3)4)26(30)33-23)13-22(31-6-2)24(19)32-16-21-11-8-7-10-20(21)15-27/h5,7-8,10-14,17H,1,6,9,16H2,2-4H3. The number of thioether (sulfide) groups is 1. The summed E-state index contributed by atoms with van der Waals surface area (Å²) >= 11 is 0.935. The number of amides is 2. The molecule has 1 aliphatic rings. The van der Waals surface area contributed by atoms with Crippen LogP contribution in [0.2, 0.25) is 0 Å². The summed E-state index contributed by atoms with van der Waals surface area (Å²) in [6.45, 7) is 9.97. The summed E-state index contributed by atoms with van der Waals surface area (Å²) in [6, 6.07) is 13.0. The highest BCUT2D eigenvalue weighted by Gasteiger charge is 2.36. The van der Waals surface area contributed by atoms with E-state index in [2.05, 4.69) is 12.6 Å². The second-order valence-electron chi connectivity index (χ2n) is 7.64. The van der Waals surface area contributed by atoms with Gasteiger partial charge in [-0.05, 0) is 68.8 Å². The first-order valence-corrected chi connectivity index (χ1v) is 11.5. The van der Waals surface area contributed by atoms with Crippen LogP contribution in [0.15, 0.2) is 54.0 Å². The van der Waals surface area contributed by atoms with Crippen molar-refractivity contribution in [2.45, 2.75) is 39.8 Å². The Balaban J connectivity index is 1.98. The number of allylic oxidation sites excluding steroid dienone is 1. The van der Waals surface area contributed by atoms with Crippen molar-refractivity contribution in [3.8, 4) is 17.6 Å². The summed E-state index contributed by atoms with van der Waals surface area (Å²) in [6.07, 6.45) is 3.99. The first-order valence-electron chi connectivity index (χ1n) is 10.7. The Bertz CT molecular complexity index is 1150. The van der Waals surface area contributed by atoms with Gasteiger partial charge in [0.05, 0.1) is 23.1 Å². The third-order valence-electron chi connectivity index (χ3n) is 4.97. The number of hydrogen-bond acceptors (Lipinski definition) is 6. The molecule has 7 heteroatoms. The van der Waals surface area contributed by atoms with E-state index in [0.717, 1.165) is 28.5 Å². The van der Waals surface area contributed by atoms with Crippen molar-refractivity contribution < 1.29 is 19.1 Å². The van der Waals surface area contributed by atoms with Gasteiger partial charge in [-0.2, -0.15) is 5.26 Å². The van der Waals surface area contributed by atoms with E-state index in [1.807, 2.05) is 45.0 Å². The van der Waals surface area contributed by atoms with Gasteiger partial charge in [-0.15, -0.1) is 6.58 Å². The fraction of sp³-hybridized carbons (Fsp3) is 0.269. The highest BCUT2D eigenvalue weighted by molar-refractivity contribution is 8.18. The second-order valence-corrected chi connectivity index (χ2v) is 8.63. The Kier molecular flexibility index (Phi) is 7.96. The second kappa shape index (κ2) is 10.9. The van der Waals surface area contributed by atoms with E-state index in [-0.39, 0.29) is 23.8 Å². The van der Waals surface area contributed by atoms with Crippen molar-refractivity contribution >= 4 is 29.0 Å². The molecular formula is C26H26N2O4S. The quantitative estimate of drug-likeness (QED) is 0.351. The zero-order valence-electron chi connectivity index (χ0n) is 19.0. The van der Waals surface area contributed by atoms with Crippen molar-refractivity contribution in [1.82, 2.24) is 4.90 Å². The van der Waals surface area contributed by atoms with Crippen molar-refractivity contribution in [3.63, 3.8) is 0 Å². The molecular weight excluding hydrogens is 436 g/mol. The molecule has 1 heterocycles. The lowest BCUT2D eigenvalue weighted by Gasteiger charge is -2.17. The van der Waals surface area contributed by atoms with Gasteiger partial charge in [0.2, 0.25) is 0 Å². The molecule has 1 aliphatic heterocycles. The molecule has 0 bridgehead atoms. The van der Waals surface area contributed by atoms with Gasteiger partial charge in [0, 0.05) is 17.2 Å². The molecule has 0 atom stereocenters. The molecule has 0 saturated carbocycles. The Hall–Kier alpha value is -3.50. The van der Waals surface area contributed by atoms with E-state index < -0.39 is 0 Å². The predicted octanol–water partition coefficient (Wildman–Crippen LogP) is 5.71. The highest BCUT2D eigenvalue weighted by atomic mass is 32.2. The van der Waals surface area contributed by atoms with E-state index in [4.69, 9.17) is 9.47 Å². The third kappa shape index (κ3) is 5.47. The van der Waals surface area contributed by atoms with Crippen molar-refractivity contribution in [1.29, 1.82) is 5.26 Å². The van der Waals surface area contributed by atoms with E-state index in [0.29, 0.717) is 35.0 Å². The number of carbonyl (C=O) groups is 2. The average molecular weight is 463 g/mol. The maximum absolute atomic E-state index is 12.7. The average Bonchev–Trinajstić information content (AvgIpc) is 3.06. The van der Waals surface area contributed by atoms with Crippen LogP contribution < -0.4 is 9.47 Å². The summed E-state index contributed by atoms with van der Waals surface area (Å²) in [7, 11) is 0. The molecule has 6 nitrogen and oxygen atoms in total. The van der Waals surface area contributed by atoms with E-state index in [1.54, 1.807) is 24.3 Å². The molecule has 1 fully saturated rings. The summed E-state index contributed by atoms with van der Waals surface area (Å²) < 4.78 is 12.0. The lowest BCUT2D eigenvalue weighted by Crippen LogP contribution is -2.34. The predicted molar refractivity (Wildman–Crippen MR) is 130 cm³/mol. The molecule has 0 aliphatic carbocycles. The van der Waals surface area contributed by atoms with Gasteiger partial charge >= 0.3 is 0 Å². The molecule has 0 radical (unpaired) electrons. The van der Waals surface area contributed by atoms with Crippen LogP contribution in [0.4, 0.5) is 4.79 Å². The lowest BCUT2D eigenvalue weighted by molar-refractivity contribution is -0.123. The molecule has 33 heavy (non-hydrogen) atoms. The van der Waals surface area contributed by atoms with Crippen LogP contribution in [0, 0.1) is 11.3 Å². The topological polar surface area (TPSA) is 79.6 Å². The van der Waals surface area contributed by atoms with E-state index >= 15 is 0 Å². The number of nitrogens with zero attached hydrogens (tertiary/aromatic N) is 2. The molecule has 170 valence electrons. The van der Waals surface area contributed by atoms with Crippen LogP contribution in [0.5, 0.6) is 11.5 Å². The first kappa shape index (κ1) is 24.1. The van der Waals surface area contributed by atoms with Gasteiger partial charge in [0.15, 0.2) is 11.5 Å². The summed E-state index contributed by atoms with van der Waals surface area (Å²) in [5.74, 6) is 0.800. The van der Waals surface area contributed by atoms with Gasteiger partial charge in [-0.3, -0.25) is 14.5 Å². The van der Waals surface area contributed by atoms with Crippen LogP contribution in [-0.2, 0) is 17.8 Å². The number of hydrogen-bond donors (Lipinski definition) is 0. The SMILES string of the molecule is C=CCc1cc(C=C2SC(=O)N(C(C)C)C2=O)cc(OCC)c1OCc1ccccc1C#N. The monoisotopic (exact) mass is 462 g/mol. The van der Waals surface area contributed by atoms with Gasteiger partial charge in [0.25, 0.3) is 11.1 Å². The Labute approximate surface area is 198 Å². The number of ether oxygens (including phenoxy) is 2. The van der Waals surface area contributed by atoms with E-state index in [9.17, 15) is 14.9 Å². The van der Waals surface area contributed by atoms with Crippen LogP contribution >= 0.6 is 11.8 Å². The minimum absolute atomic E-state index is 0.203. The number of imide groups is 1. The molecule has 2 aromatic rings. The zero-order valence-corrected chi connectivity index (χ0v) is 19.8. The molecule has 3 rings (SSSR count). The molecule has 0 spiro atoms. The summed E-state index contributed by atoms with van der Waals surface area (Å²) in [4.78, 5) is 26.6. The molecule has 2 aromatic carbocycles. The van der Waals surface area contributed by atoms with Crippen molar-refractivity contribution in [2.24, 2.45) is 0 Å². The Morgan fingerprint density at radius 1 is 1.18 bits per heavy atom. The van der Waals surface area contributed by atoms with Crippen LogP contribution in [0.25, 0.3) is 6.08 Å². The number of rotatable bonds is 9. The number of nitriles is 1. The largest absolute Gasteiger partial charge is 0.490 e. The van der Waals surface area contributed by atoms with Crippen LogP contribution in [0.1, 0.15) is 43.0 Å². The van der Waals surface area contributed by atoms with Gasteiger partial charge in [-0.1, -0.05) is 24.3 Å². The fourth-order valence-electron chi connectivity index (χ4n) is 3.48. The Morgan fingerprint density at radius 2 is 1.94 bits per heavy atom. The maximum Gasteiger partial charge on any atom is 0.293 e. The van der Waals surface area contributed by atoms with Gasteiger partial charge < -0.3 is 9.47 Å². The summed E-state index contributed by atoms with van der Waals surface area (Å²) in [5, 5.41) is 9.08. The lowest BCUT2D eigenvalue weighted by atomic mass is 10.0. The number of carbonyl (C=O) groups excluding carboxylic acids is 2. The molecule has 0 N–H and O–H groups in total. The highest BCUT2D eigenvalue weighted by Crippen LogP contribution is 2.38. The molecule has 2 amide bonds. The third-order valence-corrected chi connectivity index (χ3v) is 5.85. The van der Waals surface area contributed by atoms with Crippen molar-refractivity contribution in [3.05, 3.63) is 76.2 Å². The van der Waals surface area contributed by atoms with Crippen LogP contribution in [0.3, 0.4) is 0 Å².